The normalized spacial score (nSPS) is 18.9. The summed E-state index contributed by atoms with van der Waals surface area (Å²) in [6.45, 7) is 13.5. The molecule has 1 aromatic rings. The molecular formula is C18H28N2O. The molecule has 2 rings (SSSR count). The van der Waals surface area contributed by atoms with E-state index in [0.29, 0.717) is 6.04 Å². The summed E-state index contributed by atoms with van der Waals surface area (Å²) in [5.74, 6) is 0.279. The third-order valence-corrected chi connectivity index (χ3v) is 4.55. The minimum Gasteiger partial charge on any atom is -0.300 e. The highest BCUT2D eigenvalue weighted by molar-refractivity contribution is 5.83. The number of aryl methyl sites for hydroxylation is 1. The van der Waals surface area contributed by atoms with Crippen molar-refractivity contribution >= 4 is 5.78 Å². The molecule has 1 aromatic carbocycles. The zero-order chi connectivity index (χ0) is 15.4. The summed E-state index contributed by atoms with van der Waals surface area (Å²) in [6.07, 6.45) is 0. The third-order valence-electron chi connectivity index (χ3n) is 4.55. The van der Waals surface area contributed by atoms with Gasteiger partial charge in [0.05, 0.1) is 5.92 Å². The molecule has 0 spiro atoms. The largest absolute Gasteiger partial charge is 0.300 e. The van der Waals surface area contributed by atoms with Crippen molar-refractivity contribution in [2.45, 2.75) is 39.7 Å². The number of Topliss-reactive ketones (excluding diaryl/α,β-unsaturated/α-hetero) is 1. The molecule has 1 saturated heterocycles. The molecule has 1 heterocycles. The Bertz CT molecular complexity index is 459. The van der Waals surface area contributed by atoms with E-state index in [9.17, 15) is 4.79 Å². The zero-order valence-electron chi connectivity index (χ0n) is 13.8. The van der Waals surface area contributed by atoms with Gasteiger partial charge in [0.1, 0.15) is 5.78 Å². The molecule has 0 radical (unpaired) electrons. The smallest absolute Gasteiger partial charge is 0.138 e. The maximum Gasteiger partial charge on any atom is 0.138 e. The molecule has 1 atom stereocenters. The molecule has 3 nitrogen and oxygen atoms in total. The van der Waals surface area contributed by atoms with Gasteiger partial charge in [-0.15, -0.1) is 0 Å². The fourth-order valence-electron chi connectivity index (χ4n) is 2.99. The van der Waals surface area contributed by atoms with Crippen LogP contribution in [0.2, 0.25) is 0 Å². The zero-order valence-corrected chi connectivity index (χ0v) is 13.8. The topological polar surface area (TPSA) is 23.6 Å². The van der Waals surface area contributed by atoms with Gasteiger partial charge < -0.3 is 0 Å². The van der Waals surface area contributed by atoms with Crippen molar-refractivity contribution in [2.75, 3.05) is 32.7 Å². The second-order valence-corrected chi connectivity index (χ2v) is 6.50. The quantitative estimate of drug-likeness (QED) is 0.832. The van der Waals surface area contributed by atoms with E-state index < -0.39 is 0 Å². The predicted molar refractivity (Wildman–Crippen MR) is 87.8 cm³/mol. The van der Waals surface area contributed by atoms with E-state index >= 15 is 0 Å². The lowest BCUT2D eigenvalue weighted by atomic mass is 9.94. The number of piperazine rings is 1. The number of hydrogen-bond donors (Lipinski definition) is 0. The first kappa shape index (κ1) is 16.2. The molecule has 3 heteroatoms. The summed E-state index contributed by atoms with van der Waals surface area (Å²) in [5.41, 5.74) is 2.39. The van der Waals surface area contributed by atoms with Gasteiger partial charge in [-0.2, -0.15) is 0 Å². The Labute approximate surface area is 128 Å². The fraction of sp³-hybridized carbons (Fsp3) is 0.611. The summed E-state index contributed by atoms with van der Waals surface area (Å²) in [5, 5.41) is 0. The van der Waals surface area contributed by atoms with E-state index in [-0.39, 0.29) is 11.7 Å². The van der Waals surface area contributed by atoms with Gasteiger partial charge in [0.2, 0.25) is 0 Å². The highest BCUT2D eigenvalue weighted by atomic mass is 16.1. The molecule has 0 amide bonds. The summed E-state index contributed by atoms with van der Waals surface area (Å²) < 4.78 is 0. The molecular weight excluding hydrogens is 260 g/mol. The minimum absolute atomic E-state index is 0.0104. The lowest BCUT2D eigenvalue weighted by Gasteiger charge is -2.38. The number of carbonyl (C=O) groups is 1. The summed E-state index contributed by atoms with van der Waals surface area (Å²) >= 11 is 0. The lowest BCUT2D eigenvalue weighted by Crippen LogP contribution is -2.50. The van der Waals surface area contributed by atoms with E-state index in [1.54, 1.807) is 6.92 Å². The Balaban J connectivity index is 1.98. The van der Waals surface area contributed by atoms with Crippen LogP contribution in [0, 0.1) is 6.92 Å². The number of ketones is 1. The van der Waals surface area contributed by atoms with Crippen molar-refractivity contribution < 1.29 is 4.79 Å². The van der Waals surface area contributed by atoms with Crippen LogP contribution in [0.1, 0.15) is 37.8 Å². The SMILES string of the molecule is CC(=O)[C@H](CN1CCN(C(C)C)CC1)c1ccc(C)cc1. The number of hydrogen-bond acceptors (Lipinski definition) is 3. The Morgan fingerprint density at radius 2 is 1.67 bits per heavy atom. The maximum absolute atomic E-state index is 12.0. The number of nitrogens with zero attached hydrogens (tertiary/aromatic N) is 2. The van der Waals surface area contributed by atoms with Gasteiger partial charge in [-0.25, -0.2) is 0 Å². The molecule has 1 fully saturated rings. The molecule has 1 aliphatic rings. The second kappa shape index (κ2) is 7.19. The lowest BCUT2D eigenvalue weighted by molar-refractivity contribution is -0.119. The van der Waals surface area contributed by atoms with Crippen LogP contribution in [0.4, 0.5) is 0 Å². The van der Waals surface area contributed by atoms with Crippen LogP contribution in [0.15, 0.2) is 24.3 Å². The van der Waals surface area contributed by atoms with Crippen LogP contribution >= 0.6 is 0 Å². The molecule has 116 valence electrons. The standard InChI is InChI=1S/C18H28N2O/c1-14(2)20-11-9-19(10-12-20)13-18(16(4)21)17-7-5-15(3)6-8-17/h5-8,14,18H,9-13H2,1-4H3/t18-/m0/s1. The summed E-state index contributed by atoms with van der Waals surface area (Å²) in [4.78, 5) is 17.0. The van der Waals surface area contributed by atoms with Crippen LogP contribution in [-0.4, -0.2) is 54.3 Å². The van der Waals surface area contributed by atoms with Gasteiger partial charge in [-0.1, -0.05) is 29.8 Å². The van der Waals surface area contributed by atoms with Gasteiger partial charge in [0, 0.05) is 38.8 Å². The molecule has 0 aliphatic carbocycles. The summed E-state index contributed by atoms with van der Waals surface area (Å²) in [7, 11) is 0. The molecule has 0 bridgehead atoms. The molecule has 0 aromatic heterocycles. The van der Waals surface area contributed by atoms with E-state index in [1.807, 2.05) is 0 Å². The van der Waals surface area contributed by atoms with Crippen LogP contribution < -0.4 is 0 Å². The van der Waals surface area contributed by atoms with E-state index in [1.165, 1.54) is 5.56 Å². The molecule has 0 unspecified atom stereocenters. The average molecular weight is 288 g/mol. The number of benzene rings is 1. The van der Waals surface area contributed by atoms with Crippen LogP contribution in [0.3, 0.4) is 0 Å². The van der Waals surface area contributed by atoms with Crippen molar-refractivity contribution in [3.63, 3.8) is 0 Å². The predicted octanol–water partition coefficient (Wildman–Crippen LogP) is 2.69. The Kier molecular flexibility index (Phi) is 5.54. The Hall–Kier alpha value is -1.19. The molecule has 0 saturated carbocycles. The van der Waals surface area contributed by atoms with E-state index in [4.69, 9.17) is 0 Å². The summed E-state index contributed by atoms with van der Waals surface area (Å²) in [6, 6.07) is 9.02. The molecule has 0 N–H and O–H groups in total. The Morgan fingerprint density at radius 1 is 1.10 bits per heavy atom. The Morgan fingerprint density at radius 3 is 2.14 bits per heavy atom. The van der Waals surface area contributed by atoms with E-state index in [2.05, 4.69) is 54.8 Å². The van der Waals surface area contributed by atoms with E-state index in [0.717, 1.165) is 38.3 Å². The van der Waals surface area contributed by atoms with Crippen molar-refractivity contribution in [2.24, 2.45) is 0 Å². The highest BCUT2D eigenvalue weighted by Gasteiger charge is 2.24. The first-order valence-electron chi connectivity index (χ1n) is 8.01. The first-order valence-corrected chi connectivity index (χ1v) is 8.01. The first-order chi connectivity index (χ1) is 9.97. The second-order valence-electron chi connectivity index (χ2n) is 6.50. The number of rotatable bonds is 5. The van der Waals surface area contributed by atoms with Gasteiger partial charge >= 0.3 is 0 Å². The van der Waals surface area contributed by atoms with Gasteiger partial charge in [0.15, 0.2) is 0 Å². The van der Waals surface area contributed by atoms with Crippen molar-refractivity contribution in [1.29, 1.82) is 0 Å². The van der Waals surface area contributed by atoms with Gasteiger partial charge in [-0.05, 0) is 33.3 Å². The average Bonchev–Trinajstić information content (AvgIpc) is 2.46. The van der Waals surface area contributed by atoms with Crippen molar-refractivity contribution in [3.8, 4) is 0 Å². The van der Waals surface area contributed by atoms with Crippen LogP contribution in [0.5, 0.6) is 0 Å². The van der Waals surface area contributed by atoms with Gasteiger partial charge in [-0.3, -0.25) is 14.6 Å². The van der Waals surface area contributed by atoms with Crippen molar-refractivity contribution in [1.82, 2.24) is 9.80 Å². The van der Waals surface area contributed by atoms with Crippen molar-refractivity contribution in [3.05, 3.63) is 35.4 Å². The number of carbonyl (C=O) groups excluding carboxylic acids is 1. The molecule has 1 aliphatic heterocycles. The molecule has 21 heavy (non-hydrogen) atoms. The van der Waals surface area contributed by atoms with Gasteiger partial charge in [0.25, 0.3) is 0 Å². The van der Waals surface area contributed by atoms with Crippen LogP contribution in [-0.2, 0) is 4.79 Å². The monoisotopic (exact) mass is 288 g/mol. The fourth-order valence-corrected chi connectivity index (χ4v) is 2.99. The maximum atomic E-state index is 12.0. The third kappa shape index (κ3) is 4.39. The van der Waals surface area contributed by atoms with Crippen LogP contribution in [0.25, 0.3) is 0 Å². The minimum atomic E-state index is 0.0104. The highest BCUT2D eigenvalue weighted by Crippen LogP contribution is 2.20.